The predicted octanol–water partition coefficient (Wildman–Crippen LogP) is 5.28. The Hall–Kier alpha value is -1.60. The summed E-state index contributed by atoms with van der Waals surface area (Å²) in [6, 6.07) is 4.19. The van der Waals surface area contributed by atoms with Crippen LogP contribution in [0.1, 0.15) is 78.0 Å². The smallest absolute Gasteiger partial charge is 0.236 e. The Labute approximate surface area is 181 Å². The van der Waals surface area contributed by atoms with Gasteiger partial charge in [-0.25, -0.2) is 0 Å². The molecule has 1 aromatic rings. The van der Waals surface area contributed by atoms with Crippen LogP contribution in [-0.2, 0) is 22.0 Å². The van der Waals surface area contributed by atoms with E-state index < -0.39 is 0 Å². The fourth-order valence-electron chi connectivity index (χ4n) is 3.53. The molecule has 1 fully saturated rings. The van der Waals surface area contributed by atoms with Gasteiger partial charge in [0.2, 0.25) is 5.91 Å². The van der Waals surface area contributed by atoms with Gasteiger partial charge >= 0.3 is 0 Å². The topological polar surface area (TPSA) is 40.5 Å². The number of benzene rings is 1. The first-order valence-corrected chi connectivity index (χ1v) is 11.7. The lowest BCUT2D eigenvalue weighted by Crippen LogP contribution is -2.44. The monoisotopic (exact) mass is 415 g/mol. The van der Waals surface area contributed by atoms with Crippen molar-refractivity contribution in [3.63, 3.8) is 0 Å². The van der Waals surface area contributed by atoms with E-state index in [2.05, 4.69) is 72.4 Å². The van der Waals surface area contributed by atoms with E-state index in [9.17, 15) is 9.90 Å². The number of phenols is 1. The summed E-state index contributed by atoms with van der Waals surface area (Å²) in [6.07, 6.45) is 2.63. The zero-order valence-corrected chi connectivity index (χ0v) is 20.0. The summed E-state index contributed by atoms with van der Waals surface area (Å²) in [4.78, 5) is 14.9. The second kappa shape index (κ2) is 9.47. The van der Waals surface area contributed by atoms with Gasteiger partial charge in [0, 0.05) is 18.7 Å². The number of hydrogen-bond donors (Lipinski definition) is 1. The molecule has 1 atom stereocenters. The molecule has 0 aromatic heterocycles. The Kier molecular flexibility index (Phi) is 7.74. The number of phenolic OH excluding ortho intramolecular Hbond substituents is 1. The maximum Gasteiger partial charge on any atom is 0.236 e. The summed E-state index contributed by atoms with van der Waals surface area (Å²) < 4.78 is 0. The first-order valence-electron chi connectivity index (χ1n) is 10.7. The highest BCUT2D eigenvalue weighted by atomic mass is 32.2. The molecular weight excluding hydrogens is 378 g/mol. The van der Waals surface area contributed by atoms with Gasteiger partial charge in [0.1, 0.15) is 5.75 Å². The van der Waals surface area contributed by atoms with Crippen LogP contribution in [0.15, 0.2) is 12.1 Å². The SMILES string of the molecule is CCCC#CCN1CCSC(Cc2cc(C(C)(C)C)c(O)c(C(C)(C)C)c2)C1=O. The van der Waals surface area contributed by atoms with Gasteiger partial charge in [-0.05, 0) is 40.4 Å². The third-order valence-electron chi connectivity index (χ3n) is 5.24. The van der Waals surface area contributed by atoms with E-state index in [0.29, 0.717) is 18.7 Å². The van der Waals surface area contributed by atoms with Gasteiger partial charge in [-0.15, -0.1) is 17.7 Å². The highest BCUT2D eigenvalue weighted by molar-refractivity contribution is 8.00. The molecule has 0 bridgehead atoms. The second-order valence-corrected chi connectivity index (χ2v) is 11.3. The van der Waals surface area contributed by atoms with E-state index in [-0.39, 0.29) is 22.0 Å². The van der Waals surface area contributed by atoms with Crippen molar-refractivity contribution < 1.29 is 9.90 Å². The molecule has 1 N–H and O–H groups in total. The molecule has 0 saturated carbocycles. The van der Waals surface area contributed by atoms with Crippen LogP contribution >= 0.6 is 11.8 Å². The van der Waals surface area contributed by atoms with E-state index >= 15 is 0 Å². The third kappa shape index (κ3) is 6.19. The fraction of sp³-hybridized carbons (Fsp3) is 0.640. The van der Waals surface area contributed by atoms with Crippen molar-refractivity contribution in [2.75, 3.05) is 18.8 Å². The number of rotatable bonds is 4. The van der Waals surface area contributed by atoms with Gasteiger partial charge in [0.15, 0.2) is 0 Å². The fourth-order valence-corrected chi connectivity index (χ4v) is 4.74. The summed E-state index contributed by atoms with van der Waals surface area (Å²) in [6.45, 7) is 16.1. The molecule has 0 radical (unpaired) electrons. The lowest BCUT2D eigenvalue weighted by molar-refractivity contribution is -0.130. The number of carbonyl (C=O) groups is 1. The Balaban J connectivity index is 2.29. The maximum atomic E-state index is 13.0. The first kappa shape index (κ1) is 23.7. The zero-order valence-electron chi connectivity index (χ0n) is 19.2. The van der Waals surface area contributed by atoms with Gasteiger partial charge in [0.25, 0.3) is 0 Å². The first-order chi connectivity index (χ1) is 13.4. The average Bonchev–Trinajstić information content (AvgIpc) is 2.61. The van der Waals surface area contributed by atoms with Crippen molar-refractivity contribution in [2.24, 2.45) is 0 Å². The minimum Gasteiger partial charge on any atom is -0.507 e. The highest BCUT2D eigenvalue weighted by Crippen LogP contribution is 2.40. The van der Waals surface area contributed by atoms with Crippen LogP contribution in [0.5, 0.6) is 5.75 Å². The van der Waals surface area contributed by atoms with Gasteiger partial charge < -0.3 is 10.0 Å². The van der Waals surface area contributed by atoms with E-state index in [0.717, 1.165) is 41.8 Å². The number of carbonyl (C=O) groups excluding carboxylic acids is 1. The molecule has 1 saturated heterocycles. The van der Waals surface area contributed by atoms with Crippen molar-refractivity contribution in [1.29, 1.82) is 0 Å². The second-order valence-electron chi connectivity index (χ2n) is 9.97. The molecule has 3 nitrogen and oxygen atoms in total. The molecule has 1 unspecified atom stereocenters. The molecule has 160 valence electrons. The van der Waals surface area contributed by atoms with Crippen LogP contribution in [0.4, 0.5) is 0 Å². The molecule has 4 heteroatoms. The van der Waals surface area contributed by atoms with Crippen molar-refractivity contribution in [3.8, 4) is 17.6 Å². The minimum absolute atomic E-state index is 0.0816. The number of unbranched alkanes of at least 4 members (excludes halogenated alkanes) is 1. The Morgan fingerprint density at radius 1 is 1.10 bits per heavy atom. The van der Waals surface area contributed by atoms with Gasteiger partial charge in [0.05, 0.1) is 11.8 Å². The van der Waals surface area contributed by atoms with E-state index in [1.165, 1.54) is 0 Å². The Morgan fingerprint density at radius 2 is 1.69 bits per heavy atom. The summed E-state index contributed by atoms with van der Waals surface area (Å²) in [5, 5.41) is 10.8. The standard InChI is InChI=1S/C25H37NO2S/c1-8-9-10-11-12-26-13-14-29-21(23(26)28)17-18-15-19(24(2,3)4)22(27)20(16-18)25(5,6)7/h15-16,21,27H,8-9,12-14,17H2,1-7H3. The summed E-state index contributed by atoms with van der Waals surface area (Å²) in [7, 11) is 0. The van der Waals surface area contributed by atoms with Gasteiger partial charge in [-0.1, -0.05) is 66.5 Å². The number of nitrogens with zero attached hydrogens (tertiary/aromatic N) is 1. The Morgan fingerprint density at radius 3 is 2.21 bits per heavy atom. The summed E-state index contributed by atoms with van der Waals surface area (Å²) in [5.74, 6) is 7.82. The van der Waals surface area contributed by atoms with Gasteiger partial charge in [-0.3, -0.25) is 4.79 Å². The molecule has 2 rings (SSSR count). The number of hydrogen-bond acceptors (Lipinski definition) is 3. The van der Waals surface area contributed by atoms with Gasteiger partial charge in [-0.2, -0.15) is 0 Å². The molecule has 0 aliphatic carbocycles. The van der Waals surface area contributed by atoms with Crippen LogP contribution in [0.25, 0.3) is 0 Å². The number of thioether (sulfide) groups is 1. The van der Waals surface area contributed by atoms with E-state index in [1.54, 1.807) is 11.8 Å². The molecular formula is C25H37NO2S. The van der Waals surface area contributed by atoms with Crippen LogP contribution < -0.4 is 0 Å². The molecule has 1 heterocycles. The summed E-state index contributed by atoms with van der Waals surface area (Å²) in [5.41, 5.74) is 2.71. The summed E-state index contributed by atoms with van der Waals surface area (Å²) >= 11 is 1.74. The molecule has 1 amide bonds. The third-order valence-corrected chi connectivity index (χ3v) is 6.43. The van der Waals surface area contributed by atoms with Crippen molar-refractivity contribution in [1.82, 2.24) is 4.90 Å². The van der Waals surface area contributed by atoms with Crippen molar-refractivity contribution in [2.45, 2.75) is 83.8 Å². The lowest BCUT2D eigenvalue weighted by Gasteiger charge is -2.32. The van der Waals surface area contributed by atoms with Crippen LogP contribution in [0.2, 0.25) is 0 Å². The van der Waals surface area contributed by atoms with Crippen molar-refractivity contribution in [3.05, 3.63) is 28.8 Å². The molecule has 1 aliphatic rings. The molecule has 1 aromatic carbocycles. The maximum absolute atomic E-state index is 13.0. The van der Waals surface area contributed by atoms with E-state index in [1.807, 2.05) is 4.90 Å². The van der Waals surface area contributed by atoms with Crippen LogP contribution in [0, 0.1) is 11.8 Å². The molecule has 29 heavy (non-hydrogen) atoms. The largest absolute Gasteiger partial charge is 0.507 e. The zero-order chi connectivity index (χ0) is 21.8. The number of aromatic hydroxyl groups is 1. The normalized spacial score (nSPS) is 17.8. The predicted molar refractivity (Wildman–Crippen MR) is 125 cm³/mol. The molecule has 0 spiro atoms. The quantitative estimate of drug-likeness (QED) is 0.681. The lowest BCUT2D eigenvalue weighted by atomic mass is 9.78. The van der Waals surface area contributed by atoms with E-state index in [4.69, 9.17) is 0 Å². The van der Waals surface area contributed by atoms with Crippen LogP contribution in [0.3, 0.4) is 0 Å². The number of amides is 1. The average molecular weight is 416 g/mol. The molecule has 1 aliphatic heterocycles. The Bertz CT molecular complexity index is 755. The van der Waals surface area contributed by atoms with Crippen LogP contribution in [-0.4, -0.2) is 40.0 Å². The minimum atomic E-state index is -0.162. The highest BCUT2D eigenvalue weighted by Gasteiger charge is 2.31. The van der Waals surface area contributed by atoms with Crippen molar-refractivity contribution >= 4 is 17.7 Å².